The number of benzene rings is 1. The Balaban J connectivity index is 1.71. The fourth-order valence-corrected chi connectivity index (χ4v) is 6.28. The zero-order valence-electron chi connectivity index (χ0n) is 14.5. The molecule has 1 aromatic rings. The molecule has 1 aromatic carbocycles. The molecule has 126 valence electrons. The molecule has 0 amide bonds. The lowest BCUT2D eigenvalue weighted by Gasteiger charge is -2.37. The van der Waals surface area contributed by atoms with Crippen LogP contribution in [0, 0.1) is 16.7 Å². The lowest BCUT2D eigenvalue weighted by Crippen LogP contribution is -2.39. The number of hydrogen-bond acceptors (Lipinski definition) is 3. The van der Waals surface area contributed by atoms with Crippen LogP contribution in [-0.4, -0.2) is 16.5 Å². The largest absolute Gasteiger partial charge is 0.391 e. The van der Waals surface area contributed by atoms with Gasteiger partial charge in [-0.25, -0.2) is 0 Å². The molecule has 2 bridgehead atoms. The summed E-state index contributed by atoms with van der Waals surface area (Å²) >= 11 is 1.75. The molecule has 2 saturated carbocycles. The Morgan fingerprint density at radius 2 is 2.04 bits per heavy atom. The summed E-state index contributed by atoms with van der Waals surface area (Å²) < 4.78 is 3.63. The molecule has 5 atom stereocenters. The van der Waals surface area contributed by atoms with Crippen LogP contribution in [0.3, 0.4) is 0 Å². The van der Waals surface area contributed by atoms with E-state index in [1.165, 1.54) is 12.0 Å². The smallest absolute Gasteiger partial charge is 0.0733 e. The van der Waals surface area contributed by atoms with Crippen LogP contribution in [0.15, 0.2) is 43.0 Å². The normalized spacial score (nSPS) is 36.1. The fourth-order valence-electron chi connectivity index (χ4n) is 4.66. The first-order valence-electron chi connectivity index (χ1n) is 8.67. The van der Waals surface area contributed by atoms with Crippen molar-refractivity contribution in [2.24, 2.45) is 16.7 Å². The van der Waals surface area contributed by atoms with Crippen LogP contribution in [0.5, 0.6) is 0 Å². The van der Waals surface area contributed by atoms with Gasteiger partial charge in [0.05, 0.1) is 6.10 Å². The van der Waals surface area contributed by atoms with E-state index >= 15 is 0 Å². The predicted octanol–water partition coefficient (Wildman–Crippen LogP) is 4.73. The van der Waals surface area contributed by atoms with Gasteiger partial charge < -0.3 is 5.11 Å². The van der Waals surface area contributed by atoms with Crippen molar-refractivity contribution in [3.05, 3.63) is 48.6 Å². The fraction of sp³-hybridized carbons (Fsp3) is 0.600. The molecule has 0 heterocycles. The van der Waals surface area contributed by atoms with Crippen molar-refractivity contribution in [3.8, 4) is 0 Å². The molecule has 2 aliphatic carbocycles. The van der Waals surface area contributed by atoms with Crippen molar-refractivity contribution in [3.63, 3.8) is 0 Å². The second-order valence-corrected chi connectivity index (χ2v) is 8.93. The summed E-state index contributed by atoms with van der Waals surface area (Å²) in [6, 6.07) is 10.8. The van der Waals surface area contributed by atoms with Crippen molar-refractivity contribution >= 4 is 11.9 Å². The molecule has 3 heteroatoms. The molecule has 0 spiro atoms. The van der Waals surface area contributed by atoms with Gasteiger partial charge in [0.1, 0.15) is 0 Å². The van der Waals surface area contributed by atoms with E-state index in [1.54, 1.807) is 11.9 Å². The average molecular weight is 332 g/mol. The molecule has 0 radical (unpaired) electrons. The quantitative estimate of drug-likeness (QED) is 0.584. The van der Waals surface area contributed by atoms with Gasteiger partial charge in [-0.15, -0.1) is 6.58 Å². The minimum atomic E-state index is -0.228. The first-order valence-corrected chi connectivity index (χ1v) is 9.55. The second kappa shape index (κ2) is 6.27. The van der Waals surface area contributed by atoms with Crippen molar-refractivity contribution in [1.82, 2.24) is 4.72 Å². The Hall–Kier alpha value is -0.770. The molecule has 2 N–H and O–H groups in total. The summed E-state index contributed by atoms with van der Waals surface area (Å²) in [5.41, 5.74) is 1.55. The second-order valence-electron chi connectivity index (χ2n) is 7.92. The highest BCUT2D eigenvalue weighted by Gasteiger charge is 2.66. The monoisotopic (exact) mass is 331 g/mol. The lowest BCUT2D eigenvalue weighted by atomic mass is 9.70. The minimum absolute atomic E-state index is 0.0533. The summed E-state index contributed by atoms with van der Waals surface area (Å²) in [5, 5.41) is 11.2. The maximum Gasteiger partial charge on any atom is 0.0733 e. The Labute approximate surface area is 144 Å². The van der Waals surface area contributed by atoms with Crippen molar-refractivity contribution in [1.29, 1.82) is 0 Å². The Morgan fingerprint density at radius 3 is 2.61 bits per heavy atom. The summed E-state index contributed by atoms with van der Waals surface area (Å²) in [6.45, 7) is 10.8. The first kappa shape index (κ1) is 17.1. The van der Waals surface area contributed by atoms with E-state index < -0.39 is 0 Å². The molecule has 0 aromatic heterocycles. The van der Waals surface area contributed by atoms with Crippen LogP contribution in [0.4, 0.5) is 0 Å². The molecule has 0 saturated heterocycles. The molecule has 3 rings (SSSR count). The molecule has 2 unspecified atom stereocenters. The molecular formula is C20H29NOS. The Kier molecular flexibility index (Phi) is 4.65. The van der Waals surface area contributed by atoms with Crippen LogP contribution in [0.2, 0.25) is 0 Å². The summed E-state index contributed by atoms with van der Waals surface area (Å²) in [7, 11) is 0. The van der Waals surface area contributed by atoms with E-state index in [4.69, 9.17) is 0 Å². The number of aliphatic hydroxyl groups excluding tert-OH is 1. The van der Waals surface area contributed by atoms with Gasteiger partial charge in [0.15, 0.2) is 0 Å². The molecule has 2 fully saturated rings. The van der Waals surface area contributed by atoms with Crippen LogP contribution < -0.4 is 4.72 Å². The van der Waals surface area contributed by atoms with Gasteiger partial charge in [-0.2, -0.15) is 0 Å². The van der Waals surface area contributed by atoms with Gasteiger partial charge in [0.2, 0.25) is 0 Å². The molecule has 2 aliphatic rings. The number of fused-ring (bicyclic) bond motifs is 2. The molecule has 0 aliphatic heterocycles. The van der Waals surface area contributed by atoms with Crippen LogP contribution in [-0.2, 0) is 0 Å². The van der Waals surface area contributed by atoms with Gasteiger partial charge in [-0.1, -0.05) is 69.1 Å². The van der Waals surface area contributed by atoms with E-state index in [0.29, 0.717) is 5.92 Å². The highest BCUT2D eigenvalue weighted by atomic mass is 32.2. The van der Waals surface area contributed by atoms with E-state index in [9.17, 15) is 5.11 Å². The van der Waals surface area contributed by atoms with E-state index in [1.807, 2.05) is 12.1 Å². The highest BCUT2D eigenvalue weighted by molar-refractivity contribution is 7.98. The third-order valence-electron chi connectivity index (χ3n) is 6.68. The number of hydrogen-bond donors (Lipinski definition) is 2. The van der Waals surface area contributed by atoms with Crippen LogP contribution in [0.1, 0.15) is 51.6 Å². The lowest BCUT2D eigenvalue weighted by molar-refractivity contribution is 0.0147. The predicted molar refractivity (Wildman–Crippen MR) is 99.1 cm³/mol. The standard InChI is InChI=1S/C20H29NOS/c1-5-9-16(14-10-7-6-8-11-14)21-23-17-15-12-13-20(4,18(17)22)19(15,2)3/h5-8,10-11,15-18,21-22H,1,9,12-13H2,2-4H3/t15-,16+,17?,18?,20+/m1/s1. The Bertz CT molecular complexity index is 558. The van der Waals surface area contributed by atoms with Crippen molar-refractivity contribution in [2.45, 2.75) is 57.4 Å². The van der Waals surface area contributed by atoms with Gasteiger partial charge in [0.25, 0.3) is 0 Å². The van der Waals surface area contributed by atoms with E-state index in [2.05, 4.69) is 56.3 Å². The van der Waals surface area contributed by atoms with Crippen LogP contribution >= 0.6 is 11.9 Å². The average Bonchev–Trinajstić information content (AvgIpc) is 2.85. The minimum Gasteiger partial charge on any atom is -0.391 e. The third kappa shape index (κ3) is 2.67. The highest BCUT2D eigenvalue weighted by Crippen LogP contribution is 2.67. The summed E-state index contributed by atoms with van der Waals surface area (Å²) in [4.78, 5) is 0. The molecule has 23 heavy (non-hydrogen) atoms. The third-order valence-corrected chi connectivity index (χ3v) is 7.96. The maximum atomic E-state index is 10.9. The van der Waals surface area contributed by atoms with Gasteiger partial charge in [-0.3, -0.25) is 4.72 Å². The Morgan fingerprint density at radius 1 is 1.35 bits per heavy atom. The summed E-state index contributed by atoms with van der Waals surface area (Å²) in [6.07, 6.45) is 5.02. The van der Waals surface area contributed by atoms with Gasteiger partial charge in [-0.05, 0) is 36.2 Å². The van der Waals surface area contributed by atoms with E-state index in [0.717, 1.165) is 12.8 Å². The summed E-state index contributed by atoms with van der Waals surface area (Å²) in [5.74, 6) is 0.583. The topological polar surface area (TPSA) is 32.3 Å². The van der Waals surface area contributed by atoms with Crippen molar-refractivity contribution in [2.75, 3.05) is 0 Å². The van der Waals surface area contributed by atoms with Gasteiger partial charge in [0, 0.05) is 16.7 Å². The molecule has 2 nitrogen and oxygen atoms in total. The van der Waals surface area contributed by atoms with Crippen molar-refractivity contribution < 1.29 is 5.11 Å². The zero-order chi connectivity index (χ0) is 16.7. The van der Waals surface area contributed by atoms with E-state index in [-0.39, 0.29) is 28.2 Å². The van der Waals surface area contributed by atoms with Crippen LogP contribution in [0.25, 0.3) is 0 Å². The number of aliphatic hydroxyl groups is 1. The van der Waals surface area contributed by atoms with Gasteiger partial charge >= 0.3 is 0 Å². The maximum absolute atomic E-state index is 10.9. The molecular weight excluding hydrogens is 302 g/mol. The SMILES string of the molecule is C=CC[C@H](NSC1C(O)[C@]2(C)CC[C@H]1C2(C)C)c1ccccc1. The number of rotatable bonds is 6. The first-order chi connectivity index (χ1) is 10.9. The number of nitrogens with one attached hydrogen (secondary N) is 1. The zero-order valence-corrected chi connectivity index (χ0v) is 15.3.